The van der Waals surface area contributed by atoms with Crippen molar-refractivity contribution in [3.05, 3.63) is 11.6 Å². The van der Waals surface area contributed by atoms with Gasteiger partial charge in [0.1, 0.15) is 0 Å². The van der Waals surface area contributed by atoms with Crippen LogP contribution < -0.4 is 0 Å². The van der Waals surface area contributed by atoms with E-state index in [-0.39, 0.29) is 35.9 Å². The van der Waals surface area contributed by atoms with Gasteiger partial charge in [-0.05, 0) is 92.6 Å². The third-order valence-corrected chi connectivity index (χ3v) is 11.2. The Kier molecular flexibility index (Phi) is 6.47. The maximum atomic E-state index is 13.3. The summed E-state index contributed by atoms with van der Waals surface area (Å²) in [6.07, 6.45) is 2.51. The second-order valence-corrected chi connectivity index (χ2v) is 13.3. The molecule has 4 aliphatic rings. The van der Waals surface area contributed by atoms with Gasteiger partial charge >= 0.3 is 0 Å². The molecule has 5 N–H and O–H groups in total. The van der Waals surface area contributed by atoms with Crippen molar-refractivity contribution in [3.8, 4) is 0 Å². The smallest absolute Gasteiger partial charge is 0.159 e. The van der Waals surface area contributed by atoms with Crippen molar-refractivity contribution in [3.63, 3.8) is 0 Å². The molecule has 194 valence electrons. The van der Waals surface area contributed by atoms with Gasteiger partial charge in [-0.25, -0.2) is 0 Å². The zero-order valence-electron chi connectivity index (χ0n) is 21.8. The van der Waals surface area contributed by atoms with Crippen LogP contribution in [-0.4, -0.2) is 60.8 Å². The molecule has 0 radical (unpaired) electrons. The molecule has 4 rings (SSSR count). The van der Waals surface area contributed by atoms with Crippen LogP contribution in [0.1, 0.15) is 86.5 Å². The number of ketones is 1. The van der Waals surface area contributed by atoms with Crippen molar-refractivity contribution >= 4 is 5.78 Å². The number of allylic oxidation sites excluding steroid dienone is 1. The van der Waals surface area contributed by atoms with Crippen LogP contribution in [0.15, 0.2) is 11.6 Å². The molecule has 0 spiro atoms. The Morgan fingerprint density at radius 3 is 2.35 bits per heavy atom. The van der Waals surface area contributed by atoms with Gasteiger partial charge in [0, 0.05) is 11.3 Å². The summed E-state index contributed by atoms with van der Waals surface area (Å²) in [6, 6.07) is 0. The Morgan fingerprint density at radius 1 is 1.09 bits per heavy atom. The first-order chi connectivity index (χ1) is 15.6. The van der Waals surface area contributed by atoms with Gasteiger partial charge in [-0.1, -0.05) is 34.6 Å². The standard InChI is InChI=1S/C28H46O6/c1-15(2)16(3)11-24(32)27(6,33)23-8-10-28(34)18-12-20(29)19-13-21(30)22(31)14-25(19,4)17(18)7-9-26(23,28)5/h12,15-17,19,21-24,30-34H,7-11,13-14H2,1-6H3/t16?,17?,19?,21?,22?,23?,24?,25-,26-,27-,28-/m1/s1. The molecule has 4 aliphatic carbocycles. The van der Waals surface area contributed by atoms with Crippen LogP contribution >= 0.6 is 0 Å². The van der Waals surface area contributed by atoms with E-state index in [1.165, 1.54) is 0 Å². The van der Waals surface area contributed by atoms with Gasteiger partial charge in [0.05, 0.1) is 29.5 Å². The van der Waals surface area contributed by atoms with E-state index in [9.17, 15) is 30.3 Å². The fraction of sp³-hybridized carbons (Fsp3) is 0.893. The van der Waals surface area contributed by atoms with E-state index in [1.54, 1.807) is 13.0 Å². The average Bonchev–Trinajstić information content (AvgIpc) is 3.02. The lowest BCUT2D eigenvalue weighted by atomic mass is 9.45. The van der Waals surface area contributed by atoms with Gasteiger partial charge in [-0.3, -0.25) is 4.79 Å². The highest BCUT2D eigenvalue weighted by molar-refractivity contribution is 5.95. The van der Waals surface area contributed by atoms with Crippen molar-refractivity contribution < 1.29 is 30.3 Å². The van der Waals surface area contributed by atoms with Gasteiger partial charge in [-0.15, -0.1) is 0 Å². The van der Waals surface area contributed by atoms with E-state index in [0.29, 0.717) is 38.0 Å². The van der Waals surface area contributed by atoms with Crippen LogP contribution in [0.3, 0.4) is 0 Å². The Bertz CT molecular complexity index is 850. The first-order valence-electron chi connectivity index (χ1n) is 13.3. The van der Waals surface area contributed by atoms with E-state index in [2.05, 4.69) is 20.8 Å². The van der Waals surface area contributed by atoms with Crippen LogP contribution in [0.5, 0.6) is 0 Å². The monoisotopic (exact) mass is 478 g/mol. The minimum absolute atomic E-state index is 0.0509. The van der Waals surface area contributed by atoms with Gasteiger partial charge in [0.25, 0.3) is 0 Å². The SMILES string of the molecule is CC(C)C(C)CC(O)[C@](C)(O)C1CC[C@@]2(O)C3=CC(=O)C4CC(O)C(O)C[C@]4(C)C3CC[C@]12C. The zero-order valence-corrected chi connectivity index (χ0v) is 21.8. The third kappa shape index (κ3) is 3.58. The molecule has 0 heterocycles. The lowest BCUT2D eigenvalue weighted by molar-refractivity contribution is -0.177. The fourth-order valence-corrected chi connectivity index (χ4v) is 8.40. The van der Waals surface area contributed by atoms with E-state index >= 15 is 0 Å². The number of carbonyl (C=O) groups excluding carboxylic acids is 1. The molecule has 3 saturated carbocycles. The summed E-state index contributed by atoms with van der Waals surface area (Å²) in [5, 5.41) is 55.8. The summed E-state index contributed by atoms with van der Waals surface area (Å²) in [5.74, 6) is -0.126. The van der Waals surface area contributed by atoms with Gasteiger partial charge < -0.3 is 25.5 Å². The minimum Gasteiger partial charge on any atom is -0.390 e. The molecule has 0 amide bonds. The molecule has 6 heteroatoms. The second kappa shape index (κ2) is 8.37. The summed E-state index contributed by atoms with van der Waals surface area (Å²) < 4.78 is 0. The molecule has 0 saturated heterocycles. The average molecular weight is 479 g/mol. The van der Waals surface area contributed by atoms with Crippen molar-refractivity contribution in [1.29, 1.82) is 0 Å². The van der Waals surface area contributed by atoms with E-state index in [1.807, 2.05) is 13.8 Å². The highest BCUT2D eigenvalue weighted by Crippen LogP contribution is 2.68. The maximum Gasteiger partial charge on any atom is 0.159 e. The summed E-state index contributed by atoms with van der Waals surface area (Å²) in [5.41, 5.74) is -3.03. The predicted octanol–water partition coefficient (Wildman–Crippen LogP) is 2.99. The van der Waals surface area contributed by atoms with Gasteiger partial charge in [0.15, 0.2) is 5.78 Å². The largest absolute Gasteiger partial charge is 0.390 e. The molecule has 34 heavy (non-hydrogen) atoms. The molecule has 0 aromatic carbocycles. The Morgan fingerprint density at radius 2 is 1.74 bits per heavy atom. The van der Waals surface area contributed by atoms with Gasteiger partial charge in [0.2, 0.25) is 0 Å². The lowest BCUT2D eigenvalue weighted by Gasteiger charge is -2.60. The number of fused-ring (bicyclic) bond motifs is 5. The highest BCUT2D eigenvalue weighted by Gasteiger charge is 2.69. The molecule has 11 atom stereocenters. The normalized spacial score (nSPS) is 47.8. The zero-order chi connectivity index (χ0) is 25.4. The number of carbonyl (C=O) groups is 1. The Balaban J connectivity index is 1.68. The first kappa shape index (κ1) is 26.3. The minimum atomic E-state index is -1.36. The third-order valence-electron chi connectivity index (χ3n) is 11.2. The molecule has 0 aromatic rings. The van der Waals surface area contributed by atoms with Crippen molar-refractivity contribution in [2.24, 2.45) is 40.4 Å². The van der Waals surface area contributed by atoms with Crippen LogP contribution in [0.4, 0.5) is 0 Å². The number of aliphatic hydroxyl groups excluding tert-OH is 3. The van der Waals surface area contributed by atoms with Crippen LogP contribution in [0.25, 0.3) is 0 Å². The molecular weight excluding hydrogens is 432 g/mol. The van der Waals surface area contributed by atoms with E-state index in [4.69, 9.17) is 0 Å². The summed E-state index contributed by atoms with van der Waals surface area (Å²) in [7, 11) is 0. The molecule has 0 aromatic heterocycles. The van der Waals surface area contributed by atoms with Crippen molar-refractivity contribution in [2.45, 2.75) is 116 Å². The maximum absolute atomic E-state index is 13.3. The summed E-state index contributed by atoms with van der Waals surface area (Å²) in [6.45, 7) is 12.1. The van der Waals surface area contributed by atoms with E-state index < -0.39 is 40.3 Å². The molecule has 3 fully saturated rings. The lowest BCUT2D eigenvalue weighted by Crippen LogP contribution is -2.62. The van der Waals surface area contributed by atoms with Crippen molar-refractivity contribution in [2.75, 3.05) is 0 Å². The molecular formula is C28H46O6. The quantitative estimate of drug-likeness (QED) is 0.415. The van der Waals surface area contributed by atoms with Crippen LogP contribution in [-0.2, 0) is 4.79 Å². The van der Waals surface area contributed by atoms with Crippen LogP contribution in [0.2, 0.25) is 0 Å². The number of aliphatic hydroxyl groups is 5. The van der Waals surface area contributed by atoms with E-state index in [0.717, 1.165) is 12.0 Å². The number of rotatable bonds is 5. The Hall–Kier alpha value is -0.790. The summed E-state index contributed by atoms with van der Waals surface area (Å²) in [4.78, 5) is 13.3. The predicted molar refractivity (Wildman–Crippen MR) is 130 cm³/mol. The van der Waals surface area contributed by atoms with Crippen LogP contribution in [0, 0.1) is 40.4 Å². The second-order valence-electron chi connectivity index (χ2n) is 13.3. The van der Waals surface area contributed by atoms with Gasteiger partial charge in [-0.2, -0.15) is 0 Å². The molecule has 6 nitrogen and oxygen atoms in total. The molecule has 0 aliphatic heterocycles. The number of hydrogen-bond acceptors (Lipinski definition) is 6. The van der Waals surface area contributed by atoms with Crippen molar-refractivity contribution in [1.82, 2.24) is 0 Å². The highest BCUT2D eigenvalue weighted by atomic mass is 16.3. The topological polar surface area (TPSA) is 118 Å². The summed E-state index contributed by atoms with van der Waals surface area (Å²) >= 11 is 0. The molecule has 0 bridgehead atoms. The Labute approximate surface area is 204 Å². The first-order valence-corrected chi connectivity index (χ1v) is 13.3. The molecule has 7 unspecified atom stereocenters. The fourth-order valence-electron chi connectivity index (χ4n) is 8.40. The number of hydrogen-bond donors (Lipinski definition) is 5.